The summed E-state index contributed by atoms with van der Waals surface area (Å²) in [6.07, 6.45) is 0.0799. The Morgan fingerprint density at radius 3 is 1.74 bits per heavy atom. The second kappa shape index (κ2) is 9.02. The van der Waals surface area contributed by atoms with Gasteiger partial charge < -0.3 is 18.9 Å². The van der Waals surface area contributed by atoms with Crippen molar-refractivity contribution in [3.8, 4) is 11.5 Å². The maximum Gasteiger partial charge on any atom is 0.346 e. The first kappa shape index (κ1) is 18.8. The van der Waals surface area contributed by atoms with E-state index in [4.69, 9.17) is 9.47 Å². The van der Waals surface area contributed by atoms with Crippen LogP contribution in [0.15, 0.2) is 18.2 Å². The number of carbonyl (C=O) groups excluding carboxylic acids is 2. The van der Waals surface area contributed by atoms with Gasteiger partial charge in [-0.25, -0.2) is 9.59 Å². The van der Waals surface area contributed by atoms with Crippen molar-refractivity contribution < 1.29 is 28.5 Å². The van der Waals surface area contributed by atoms with Gasteiger partial charge in [0.15, 0.2) is 12.2 Å². The number of carbonyl (C=O) groups is 2. The van der Waals surface area contributed by atoms with Gasteiger partial charge in [-0.15, -0.1) is 0 Å². The van der Waals surface area contributed by atoms with E-state index in [1.807, 2.05) is 6.92 Å². The molecule has 0 fully saturated rings. The van der Waals surface area contributed by atoms with Crippen LogP contribution in [0.1, 0.15) is 32.8 Å². The van der Waals surface area contributed by atoms with Crippen molar-refractivity contribution in [2.24, 2.45) is 0 Å². The van der Waals surface area contributed by atoms with Crippen molar-refractivity contribution in [2.45, 2.75) is 45.8 Å². The van der Waals surface area contributed by atoms with Gasteiger partial charge in [0.2, 0.25) is 0 Å². The normalized spacial score (nSPS) is 12.9. The summed E-state index contributed by atoms with van der Waals surface area (Å²) in [6.45, 7) is 5.26. The Hall–Kier alpha value is -2.24. The molecule has 0 saturated heterocycles. The monoisotopic (exact) mass is 324 g/mol. The maximum atomic E-state index is 11.5. The lowest BCUT2D eigenvalue weighted by Crippen LogP contribution is -2.27. The average molecular weight is 324 g/mol. The van der Waals surface area contributed by atoms with Crippen LogP contribution in [0.3, 0.4) is 0 Å². The van der Waals surface area contributed by atoms with Gasteiger partial charge in [-0.3, -0.25) is 0 Å². The van der Waals surface area contributed by atoms with Crippen LogP contribution in [0, 0.1) is 0 Å². The molecule has 23 heavy (non-hydrogen) atoms. The highest BCUT2D eigenvalue weighted by atomic mass is 16.6. The number of benzene rings is 1. The topological polar surface area (TPSA) is 71.1 Å². The van der Waals surface area contributed by atoms with Crippen molar-refractivity contribution in [1.29, 1.82) is 0 Å². The second-order valence-electron chi connectivity index (χ2n) is 5.05. The first-order chi connectivity index (χ1) is 10.9. The van der Waals surface area contributed by atoms with Gasteiger partial charge in [-0.05, 0) is 32.4 Å². The molecule has 0 saturated carbocycles. The molecular weight excluding hydrogens is 300 g/mol. The Balaban J connectivity index is 3.05. The first-order valence-corrected chi connectivity index (χ1v) is 7.55. The molecular formula is C17H24O6. The van der Waals surface area contributed by atoms with Crippen LogP contribution >= 0.6 is 0 Å². The standard InChI is InChI=1S/C17H24O6/c1-6-8-13-14(22-11(2)16(18)20-4)9-7-10-15(13)23-12(3)17(19)21-5/h7,9-12H,6,8H2,1-5H3/t11-,12-/m1/s1. The van der Waals surface area contributed by atoms with Gasteiger partial charge >= 0.3 is 11.9 Å². The highest BCUT2D eigenvalue weighted by Gasteiger charge is 2.21. The molecule has 0 aromatic heterocycles. The Kier molecular flexibility index (Phi) is 7.38. The largest absolute Gasteiger partial charge is 0.479 e. The van der Waals surface area contributed by atoms with Gasteiger partial charge in [0.25, 0.3) is 0 Å². The third-order valence-corrected chi connectivity index (χ3v) is 3.26. The Morgan fingerprint density at radius 2 is 1.39 bits per heavy atom. The number of esters is 2. The van der Waals surface area contributed by atoms with Gasteiger partial charge in [0, 0.05) is 5.56 Å². The number of hydrogen-bond acceptors (Lipinski definition) is 6. The predicted molar refractivity (Wildman–Crippen MR) is 84.6 cm³/mol. The molecule has 6 nitrogen and oxygen atoms in total. The maximum absolute atomic E-state index is 11.5. The summed E-state index contributed by atoms with van der Waals surface area (Å²) < 4.78 is 20.7. The van der Waals surface area contributed by atoms with E-state index in [-0.39, 0.29) is 0 Å². The van der Waals surface area contributed by atoms with Crippen LogP contribution in [0.2, 0.25) is 0 Å². The fraction of sp³-hybridized carbons (Fsp3) is 0.529. The molecule has 0 amide bonds. The molecule has 0 aliphatic heterocycles. The number of hydrogen-bond donors (Lipinski definition) is 0. The molecule has 0 N–H and O–H groups in total. The minimum atomic E-state index is -0.733. The number of methoxy groups -OCH3 is 2. The molecule has 0 heterocycles. The van der Waals surface area contributed by atoms with Crippen molar-refractivity contribution in [3.05, 3.63) is 23.8 Å². The molecule has 0 radical (unpaired) electrons. The summed E-state index contributed by atoms with van der Waals surface area (Å²) in [5.41, 5.74) is 0.807. The molecule has 0 aliphatic rings. The first-order valence-electron chi connectivity index (χ1n) is 7.55. The predicted octanol–water partition coefficient (Wildman–Crippen LogP) is 2.52. The summed E-state index contributed by atoms with van der Waals surface area (Å²) in [7, 11) is 2.62. The van der Waals surface area contributed by atoms with E-state index in [2.05, 4.69) is 9.47 Å². The molecule has 2 atom stereocenters. The van der Waals surface area contributed by atoms with Gasteiger partial charge in [0.05, 0.1) is 14.2 Å². The molecule has 6 heteroatoms. The second-order valence-corrected chi connectivity index (χ2v) is 5.05. The highest BCUT2D eigenvalue weighted by Crippen LogP contribution is 2.31. The molecule has 0 bridgehead atoms. The number of rotatable bonds is 8. The minimum absolute atomic E-state index is 0.457. The van der Waals surface area contributed by atoms with E-state index in [1.165, 1.54) is 14.2 Å². The molecule has 1 aromatic rings. The van der Waals surface area contributed by atoms with Gasteiger partial charge in [-0.2, -0.15) is 0 Å². The lowest BCUT2D eigenvalue weighted by atomic mass is 10.1. The van der Waals surface area contributed by atoms with Crippen LogP contribution in [0.25, 0.3) is 0 Å². The summed E-state index contributed by atoms with van der Waals surface area (Å²) in [6, 6.07) is 5.28. The Bertz CT molecular complexity index is 498. The zero-order valence-electron chi connectivity index (χ0n) is 14.3. The third kappa shape index (κ3) is 5.16. The van der Waals surface area contributed by atoms with Crippen LogP contribution in [0.4, 0.5) is 0 Å². The molecule has 0 spiro atoms. The zero-order valence-corrected chi connectivity index (χ0v) is 14.3. The van der Waals surface area contributed by atoms with Crippen molar-refractivity contribution >= 4 is 11.9 Å². The Labute approximate surface area is 136 Å². The van der Waals surface area contributed by atoms with Crippen LogP contribution in [-0.4, -0.2) is 38.4 Å². The molecule has 1 aromatic carbocycles. The third-order valence-electron chi connectivity index (χ3n) is 3.26. The lowest BCUT2D eigenvalue weighted by molar-refractivity contribution is -0.148. The van der Waals surface area contributed by atoms with E-state index in [0.717, 1.165) is 12.0 Å². The lowest BCUT2D eigenvalue weighted by Gasteiger charge is -2.20. The smallest absolute Gasteiger partial charge is 0.346 e. The zero-order chi connectivity index (χ0) is 17.4. The van der Waals surface area contributed by atoms with E-state index in [1.54, 1.807) is 32.0 Å². The molecule has 128 valence electrons. The fourth-order valence-corrected chi connectivity index (χ4v) is 2.07. The van der Waals surface area contributed by atoms with E-state index >= 15 is 0 Å². The van der Waals surface area contributed by atoms with Crippen LogP contribution in [-0.2, 0) is 25.5 Å². The minimum Gasteiger partial charge on any atom is -0.479 e. The highest BCUT2D eigenvalue weighted by molar-refractivity contribution is 5.75. The SMILES string of the molecule is CCCc1c(O[C@H](C)C(=O)OC)cccc1O[C@H](C)C(=O)OC. The van der Waals surface area contributed by atoms with E-state index in [0.29, 0.717) is 17.9 Å². The van der Waals surface area contributed by atoms with Crippen LogP contribution < -0.4 is 9.47 Å². The van der Waals surface area contributed by atoms with Crippen molar-refractivity contribution in [2.75, 3.05) is 14.2 Å². The van der Waals surface area contributed by atoms with E-state index < -0.39 is 24.1 Å². The fourth-order valence-electron chi connectivity index (χ4n) is 2.07. The summed E-state index contributed by atoms with van der Waals surface area (Å²) in [5, 5.41) is 0. The summed E-state index contributed by atoms with van der Waals surface area (Å²) in [5.74, 6) is 0.169. The van der Waals surface area contributed by atoms with Crippen molar-refractivity contribution in [1.82, 2.24) is 0 Å². The Morgan fingerprint density at radius 1 is 0.957 bits per heavy atom. The van der Waals surface area contributed by atoms with Gasteiger partial charge in [0.1, 0.15) is 11.5 Å². The molecule has 0 unspecified atom stereocenters. The molecule has 0 aliphatic carbocycles. The average Bonchev–Trinajstić information content (AvgIpc) is 2.55. The van der Waals surface area contributed by atoms with Crippen LogP contribution in [0.5, 0.6) is 11.5 Å². The van der Waals surface area contributed by atoms with Crippen molar-refractivity contribution in [3.63, 3.8) is 0 Å². The summed E-state index contributed by atoms with van der Waals surface area (Å²) >= 11 is 0. The quantitative estimate of drug-likeness (QED) is 0.684. The molecule has 1 rings (SSSR count). The number of ether oxygens (including phenoxy) is 4. The van der Waals surface area contributed by atoms with Gasteiger partial charge in [-0.1, -0.05) is 19.4 Å². The summed E-state index contributed by atoms with van der Waals surface area (Å²) in [4.78, 5) is 23.1. The van der Waals surface area contributed by atoms with E-state index in [9.17, 15) is 9.59 Å².